The molecule has 30 heavy (non-hydrogen) atoms. The van der Waals surface area contributed by atoms with Crippen LogP contribution in [0, 0.1) is 17.3 Å². The van der Waals surface area contributed by atoms with Crippen molar-refractivity contribution < 1.29 is 19.2 Å². The van der Waals surface area contributed by atoms with Gasteiger partial charge >= 0.3 is 0 Å². The Morgan fingerprint density at radius 1 is 0.700 bits per heavy atom. The van der Waals surface area contributed by atoms with E-state index in [0.29, 0.717) is 25.7 Å². The highest BCUT2D eigenvalue weighted by Gasteiger charge is 2.67. The number of unbranched alkanes of at least 4 members (excludes halogenated alkanes) is 4. The molecular formula is C24H34N2O4. The quantitative estimate of drug-likeness (QED) is 0.237. The summed E-state index contributed by atoms with van der Waals surface area (Å²) >= 11 is 0. The normalized spacial score (nSPS) is 25.7. The van der Waals surface area contributed by atoms with Crippen molar-refractivity contribution in [2.24, 2.45) is 17.3 Å². The van der Waals surface area contributed by atoms with E-state index >= 15 is 0 Å². The summed E-state index contributed by atoms with van der Waals surface area (Å²) in [7, 11) is 0. The second-order valence-electron chi connectivity index (χ2n) is 8.88. The maximum absolute atomic E-state index is 13.4. The number of hydrogen-bond donors (Lipinski definition) is 0. The van der Waals surface area contributed by atoms with Crippen molar-refractivity contribution in [2.45, 2.75) is 70.6 Å². The minimum Gasteiger partial charge on any atom is -0.281 e. The van der Waals surface area contributed by atoms with Crippen molar-refractivity contribution in [3.63, 3.8) is 0 Å². The van der Waals surface area contributed by atoms with Crippen LogP contribution in [0.2, 0.25) is 0 Å². The Balaban J connectivity index is 1.88. The lowest BCUT2D eigenvalue weighted by molar-refractivity contribution is -0.189. The maximum Gasteiger partial charge on any atom is 0.242 e. The zero-order chi connectivity index (χ0) is 21.7. The minimum atomic E-state index is -0.892. The molecule has 3 aliphatic rings. The molecule has 6 heteroatoms. The molecule has 0 N–H and O–H groups in total. The number of allylic oxidation sites excluding steroid dienone is 2. The van der Waals surface area contributed by atoms with Crippen LogP contribution in [-0.4, -0.2) is 46.5 Å². The monoisotopic (exact) mass is 414 g/mol. The first kappa shape index (κ1) is 22.4. The third-order valence-corrected chi connectivity index (χ3v) is 7.07. The Labute approximate surface area is 179 Å². The van der Waals surface area contributed by atoms with Crippen molar-refractivity contribution in [3.05, 3.63) is 25.3 Å². The number of carbonyl (C=O) groups excluding carboxylic acids is 4. The lowest BCUT2D eigenvalue weighted by Gasteiger charge is -2.55. The van der Waals surface area contributed by atoms with Gasteiger partial charge < -0.3 is 0 Å². The smallest absolute Gasteiger partial charge is 0.242 e. The molecule has 164 valence electrons. The van der Waals surface area contributed by atoms with E-state index in [-0.39, 0.29) is 36.7 Å². The van der Waals surface area contributed by atoms with Crippen LogP contribution in [0.15, 0.2) is 25.3 Å². The van der Waals surface area contributed by atoms with Gasteiger partial charge in [0.1, 0.15) is 11.8 Å². The highest BCUT2D eigenvalue weighted by atomic mass is 16.2. The fourth-order valence-corrected chi connectivity index (χ4v) is 5.55. The van der Waals surface area contributed by atoms with E-state index in [0.717, 1.165) is 44.9 Å². The average Bonchev–Trinajstić information content (AvgIpc) is 2.73. The molecule has 6 nitrogen and oxygen atoms in total. The standard InChI is InChI=1S/C24H34N2O4/c1-3-5-7-12-16-25-20(27)18-22(29)26(17-13-8-6-4-2)23(30)19(21(25)28)24(18)14-10-9-11-15-24/h3-4,18-19H,1-2,5-17H2. The number of imide groups is 2. The first-order valence-electron chi connectivity index (χ1n) is 11.4. The Morgan fingerprint density at radius 3 is 1.47 bits per heavy atom. The topological polar surface area (TPSA) is 74.8 Å². The summed E-state index contributed by atoms with van der Waals surface area (Å²) in [5.74, 6) is -3.32. The molecule has 0 atom stereocenters. The average molecular weight is 415 g/mol. The van der Waals surface area contributed by atoms with Crippen LogP contribution in [0.25, 0.3) is 0 Å². The van der Waals surface area contributed by atoms with E-state index in [1.54, 1.807) is 0 Å². The summed E-state index contributed by atoms with van der Waals surface area (Å²) in [6.45, 7) is 7.93. The summed E-state index contributed by atoms with van der Waals surface area (Å²) in [6.07, 6.45) is 12.1. The highest BCUT2D eigenvalue weighted by Crippen LogP contribution is 2.55. The minimum absolute atomic E-state index is 0.272. The first-order chi connectivity index (χ1) is 14.5. The van der Waals surface area contributed by atoms with Crippen LogP contribution in [0.5, 0.6) is 0 Å². The van der Waals surface area contributed by atoms with E-state index in [2.05, 4.69) is 13.2 Å². The lowest BCUT2D eigenvalue weighted by Crippen LogP contribution is -2.72. The third kappa shape index (κ3) is 3.88. The first-order valence-corrected chi connectivity index (χ1v) is 11.4. The van der Waals surface area contributed by atoms with Crippen molar-refractivity contribution in [1.29, 1.82) is 0 Å². The van der Waals surface area contributed by atoms with Gasteiger partial charge in [0.25, 0.3) is 0 Å². The summed E-state index contributed by atoms with van der Waals surface area (Å²) in [4.78, 5) is 56.2. The van der Waals surface area contributed by atoms with E-state index in [9.17, 15) is 19.2 Å². The van der Waals surface area contributed by atoms with Gasteiger partial charge in [-0.3, -0.25) is 29.0 Å². The predicted molar refractivity (Wildman–Crippen MR) is 114 cm³/mol. The molecule has 3 fully saturated rings. The number of amides is 4. The van der Waals surface area contributed by atoms with Crippen LogP contribution in [0.1, 0.15) is 70.6 Å². The Hall–Kier alpha value is -2.24. The summed E-state index contributed by atoms with van der Waals surface area (Å²) in [5, 5.41) is 0. The molecule has 1 aliphatic carbocycles. The molecule has 1 saturated carbocycles. The Morgan fingerprint density at radius 2 is 1.10 bits per heavy atom. The molecule has 0 aromatic carbocycles. The molecule has 0 unspecified atom stereocenters. The zero-order valence-electron chi connectivity index (χ0n) is 17.9. The van der Waals surface area contributed by atoms with Crippen molar-refractivity contribution in [1.82, 2.24) is 9.80 Å². The van der Waals surface area contributed by atoms with Crippen LogP contribution in [0.3, 0.4) is 0 Å². The van der Waals surface area contributed by atoms with Crippen LogP contribution < -0.4 is 0 Å². The van der Waals surface area contributed by atoms with Gasteiger partial charge in [0, 0.05) is 18.5 Å². The number of rotatable bonds is 10. The SMILES string of the molecule is C=CCCCCN1C(=O)C2C(=O)N(CCCCC=C)C(=O)C(C1=O)C21CCCCC1. The zero-order valence-corrected chi connectivity index (χ0v) is 17.9. The number of piperidine rings is 2. The van der Waals surface area contributed by atoms with Gasteiger partial charge in [-0.25, -0.2) is 0 Å². The van der Waals surface area contributed by atoms with Crippen molar-refractivity contribution in [3.8, 4) is 0 Å². The Bertz CT molecular complexity index is 637. The third-order valence-electron chi connectivity index (χ3n) is 7.07. The van der Waals surface area contributed by atoms with Gasteiger partial charge in [-0.05, 0) is 51.4 Å². The van der Waals surface area contributed by atoms with Crippen LogP contribution >= 0.6 is 0 Å². The van der Waals surface area contributed by atoms with E-state index in [1.807, 2.05) is 12.2 Å². The second-order valence-corrected chi connectivity index (χ2v) is 8.88. The maximum atomic E-state index is 13.4. The fourth-order valence-electron chi connectivity index (χ4n) is 5.55. The fraction of sp³-hybridized carbons (Fsp3) is 0.667. The molecule has 2 heterocycles. The van der Waals surface area contributed by atoms with Gasteiger partial charge in [0.2, 0.25) is 23.6 Å². The van der Waals surface area contributed by atoms with Gasteiger partial charge in [-0.15, -0.1) is 13.2 Å². The number of hydrogen-bond acceptors (Lipinski definition) is 4. The lowest BCUT2D eigenvalue weighted by atomic mass is 9.54. The summed E-state index contributed by atoms with van der Waals surface area (Å²) < 4.78 is 0. The molecule has 1 spiro atoms. The number of likely N-dealkylation sites (tertiary alicyclic amines) is 2. The van der Waals surface area contributed by atoms with E-state index in [1.165, 1.54) is 9.80 Å². The van der Waals surface area contributed by atoms with Gasteiger partial charge in [0.05, 0.1) is 0 Å². The predicted octanol–water partition coefficient (Wildman–Crippen LogP) is 3.62. The second kappa shape index (κ2) is 9.71. The molecular weight excluding hydrogens is 380 g/mol. The summed E-state index contributed by atoms with van der Waals surface area (Å²) in [6, 6.07) is 0. The van der Waals surface area contributed by atoms with Gasteiger partial charge in [-0.1, -0.05) is 31.4 Å². The molecule has 2 saturated heterocycles. The van der Waals surface area contributed by atoms with Gasteiger partial charge in [0.15, 0.2) is 0 Å². The van der Waals surface area contributed by atoms with Gasteiger partial charge in [-0.2, -0.15) is 0 Å². The largest absolute Gasteiger partial charge is 0.281 e. The molecule has 0 aromatic heterocycles. The van der Waals surface area contributed by atoms with Crippen LogP contribution in [-0.2, 0) is 19.2 Å². The van der Waals surface area contributed by atoms with E-state index < -0.39 is 17.3 Å². The molecule has 2 bridgehead atoms. The van der Waals surface area contributed by atoms with E-state index in [4.69, 9.17) is 0 Å². The number of nitrogens with zero attached hydrogens (tertiary/aromatic N) is 2. The van der Waals surface area contributed by atoms with Crippen molar-refractivity contribution in [2.75, 3.05) is 13.1 Å². The summed E-state index contributed by atoms with van der Waals surface area (Å²) in [5.41, 5.74) is -0.810. The van der Waals surface area contributed by atoms with Crippen molar-refractivity contribution >= 4 is 23.6 Å². The molecule has 2 aliphatic heterocycles. The molecule has 0 radical (unpaired) electrons. The Kier molecular flexibility index (Phi) is 7.27. The molecule has 4 amide bonds. The molecule has 0 aromatic rings. The molecule has 3 rings (SSSR count). The van der Waals surface area contributed by atoms with Crippen LogP contribution in [0.4, 0.5) is 0 Å². The number of carbonyl (C=O) groups is 4. The highest BCUT2D eigenvalue weighted by molar-refractivity contribution is 6.22.